The van der Waals surface area contributed by atoms with Gasteiger partial charge in [0.1, 0.15) is 6.61 Å². The number of esters is 1. The van der Waals surface area contributed by atoms with Crippen LogP contribution in [0, 0.1) is 0 Å². The van der Waals surface area contributed by atoms with Gasteiger partial charge >= 0.3 is 12.0 Å². The first-order valence-electron chi connectivity index (χ1n) is 14.0. The van der Waals surface area contributed by atoms with Crippen molar-refractivity contribution in [1.82, 2.24) is 16.1 Å². The number of ether oxygens (including phenoxy) is 5. The summed E-state index contributed by atoms with van der Waals surface area (Å²) in [4.78, 5) is 37.0. The van der Waals surface area contributed by atoms with Crippen LogP contribution in [-0.2, 0) is 20.9 Å². The SMILES string of the molecule is CCOc1cc(/C=N\NC(=O)COc2ccc([C@@H]3NC(=O)NC(C)=C3C(=O)OC)cc2OC)cc(Br)c1OCc1ccc(Cl)cc1. The van der Waals surface area contributed by atoms with Crippen molar-refractivity contribution in [2.75, 3.05) is 27.4 Å². The Bertz CT molecular complexity index is 1660. The van der Waals surface area contributed by atoms with E-state index in [-0.39, 0.29) is 23.7 Å². The van der Waals surface area contributed by atoms with Gasteiger partial charge in [0, 0.05) is 10.7 Å². The van der Waals surface area contributed by atoms with Gasteiger partial charge in [-0.15, -0.1) is 0 Å². The van der Waals surface area contributed by atoms with Crippen LogP contribution in [-0.4, -0.2) is 51.6 Å². The molecule has 3 aromatic carbocycles. The van der Waals surface area contributed by atoms with Crippen molar-refractivity contribution >= 4 is 51.7 Å². The Morgan fingerprint density at radius 1 is 1.02 bits per heavy atom. The maximum absolute atomic E-state index is 12.5. The lowest BCUT2D eigenvalue weighted by Gasteiger charge is -2.28. The maximum atomic E-state index is 12.5. The molecule has 0 aliphatic carbocycles. The molecule has 0 fully saturated rings. The number of urea groups is 1. The first-order chi connectivity index (χ1) is 22.1. The number of carbonyl (C=O) groups excluding carboxylic acids is 3. The van der Waals surface area contributed by atoms with Crippen LogP contribution in [0.2, 0.25) is 5.02 Å². The fourth-order valence-electron chi connectivity index (χ4n) is 4.46. The van der Waals surface area contributed by atoms with E-state index >= 15 is 0 Å². The molecular formula is C32H32BrClN4O8. The number of amides is 3. The molecule has 3 aromatic rings. The van der Waals surface area contributed by atoms with Crippen LogP contribution < -0.4 is 35.0 Å². The van der Waals surface area contributed by atoms with Crippen LogP contribution in [0.3, 0.4) is 0 Å². The van der Waals surface area contributed by atoms with Gasteiger partial charge in [0.2, 0.25) is 0 Å². The van der Waals surface area contributed by atoms with E-state index in [0.29, 0.717) is 51.0 Å². The molecule has 0 aromatic heterocycles. The van der Waals surface area contributed by atoms with Crippen LogP contribution in [0.1, 0.15) is 36.6 Å². The highest BCUT2D eigenvalue weighted by atomic mass is 79.9. The van der Waals surface area contributed by atoms with Gasteiger partial charge in [-0.05, 0) is 82.9 Å². The highest BCUT2D eigenvalue weighted by Gasteiger charge is 2.32. The molecule has 0 unspecified atom stereocenters. The molecule has 14 heteroatoms. The maximum Gasteiger partial charge on any atom is 0.337 e. The molecule has 3 N–H and O–H groups in total. The molecule has 0 saturated heterocycles. The van der Waals surface area contributed by atoms with Gasteiger partial charge in [0.15, 0.2) is 29.6 Å². The molecule has 1 aliphatic rings. The minimum absolute atomic E-state index is 0.246. The lowest BCUT2D eigenvalue weighted by Crippen LogP contribution is -2.45. The summed E-state index contributed by atoms with van der Waals surface area (Å²) in [6.45, 7) is 3.83. The second-order valence-electron chi connectivity index (χ2n) is 9.73. The molecule has 1 heterocycles. The largest absolute Gasteiger partial charge is 0.493 e. The Balaban J connectivity index is 1.38. The van der Waals surface area contributed by atoms with Crippen LogP contribution >= 0.6 is 27.5 Å². The summed E-state index contributed by atoms with van der Waals surface area (Å²) in [5.74, 6) is 0.478. The summed E-state index contributed by atoms with van der Waals surface area (Å²) in [7, 11) is 2.69. The number of allylic oxidation sites excluding steroid dienone is 1. The molecule has 46 heavy (non-hydrogen) atoms. The summed E-state index contributed by atoms with van der Waals surface area (Å²) in [6.07, 6.45) is 1.46. The number of nitrogens with one attached hydrogen (secondary N) is 3. The quantitative estimate of drug-likeness (QED) is 0.121. The lowest BCUT2D eigenvalue weighted by atomic mass is 9.95. The van der Waals surface area contributed by atoms with E-state index in [1.54, 1.807) is 49.4 Å². The van der Waals surface area contributed by atoms with E-state index < -0.39 is 23.9 Å². The third-order valence-corrected chi connectivity index (χ3v) is 7.43. The van der Waals surface area contributed by atoms with Gasteiger partial charge in [-0.3, -0.25) is 4.79 Å². The summed E-state index contributed by atoms with van der Waals surface area (Å²) >= 11 is 9.50. The standard InChI is InChI=1S/C32H32BrClN4O8/c1-5-44-26-13-20(12-23(33)30(26)46-16-19-6-9-22(34)10-7-19)15-35-38-27(39)17-45-24-11-8-21(14-25(24)42-3)29-28(31(40)43-4)18(2)36-32(41)37-29/h6-15,29H,5,16-17H2,1-4H3,(H,38,39)(H2,36,37,41)/b35-15-/t29-/m0/s1. The first-order valence-corrected chi connectivity index (χ1v) is 15.1. The number of methoxy groups -OCH3 is 2. The van der Waals surface area contributed by atoms with Crippen molar-refractivity contribution in [3.8, 4) is 23.0 Å². The first kappa shape index (κ1) is 34.1. The van der Waals surface area contributed by atoms with E-state index in [2.05, 4.69) is 37.1 Å². The Morgan fingerprint density at radius 3 is 2.48 bits per heavy atom. The number of rotatable bonds is 13. The fraction of sp³-hybridized carbons (Fsp3) is 0.250. The molecule has 1 aliphatic heterocycles. The second kappa shape index (κ2) is 16.0. The Labute approximate surface area is 279 Å². The smallest absolute Gasteiger partial charge is 0.337 e. The van der Waals surface area contributed by atoms with Crippen molar-refractivity contribution in [2.24, 2.45) is 5.10 Å². The zero-order valence-electron chi connectivity index (χ0n) is 25.4. The normalized spacial score (nSPS) is 14.3. The van der Waals surface area contributed by atoms with Crippen molar-refractivity contribution in [2.45, 2.75) is 26.5 Å². The zero-order valence-corrected chi connectivity index (χ0v) is 27.8. The summed E-state index contributed by atoms with van der Waals surface area (Å²) in [5, 5.41) is 9.96. The molecule has 0 radical (unpaired) electrons. The highest BCUT2D eigenvalue weighted by molar-refractivity contribution is 9.10. The van der Waals surface area contributed by atoms with E-state index in [9.17, 15) is 14.4 Å². The Hall–Kier alpha value is -4.75. The molecule has 12 nitrogen and oxygen atoms in total. The molecule has 242 valence electrons. The van der Waals surface area contributed by atoms with Gasteiger partial charge in [-0.25, -0.2) is 15.0 Å². The second-order valence-corrected chi connectivity index (χ2v) is 11.0. The third kappa shape index (κ3) is 8.70. The van der Waals surface area contributed by atoms with E-state index in [0.717, 1.165) is 5.56 Å². The summed E-state index contributed by atoms with van der Waals surface area (Å²) in [6, 6.07) is 14.5. The van der Waals surface area contributed by atoms with Crippen LogP contribution in [0.15, 0.2) is 75.4 Å². The summed E-state index contributed by atoms with van der Waals surface area (Å²) in [5.41, 5.74) is 5.18. The molecule has 3 amide bonds. The minimum atomic E-state index is -0.783. The van der Waals surface area contributed by atoms with Crippen LogP contribution in [0.25, 0.3) is 0 Å². The lowest BCUT2D eigenvalue weighted by molar-refractivity contribution is -0.136. The highest BCUT2D eigenvalue weighted by Crippen LogP contribution is 2.37. The van der Waals surface area contributed by atoms with Crippen molar-refractivity contribution in [3.05, 3.63) is 92.1 Å². The van der Waals surface area contributed by atoms with E-state index in [1.165, 1.54) is 20.4 Å². The van der Waals surface area contributed by atoms with E-state index in [4.69, 9.17) is 35.3 Å². The number of nitrogens with zero attached hydrogens (tertiary/aromatic N) is 1. The third-order valence-electron chi connectivity index (χ3n) is 6.59. The molecule has 1 atom stereocenters. The molecule has 0 saturated carbocycles. The topological polar surface area (TPSA) is 146 Å². The van der Waals surface area contributed by atoms with Crippen LogP contribution in [0.4, 0.5) is 4.79 Å². The number of hydrogen-bond donors (Lipinski definition) is 3. The van der Waals surface area contributed by atoms with Gasteiger partial charge in [0.25, 0.3) is 5.91 Å². The van der Waals surface area contributed by atoms with Gasteiger partial charge in [-0.2, -0.15) is 5.10 Å². The predicted octanol–water partition coefficient (Wildman–Crippen LogP) is 5.42. The van der Waals surface area contributed by atoms with Gasteiger partial charge in [-0.1, -0.05) is 29.8 Å². The number of hydrazone groups is 1. The number of carbonyl (C=O) groups is 3. The number of hydrogen-bond acceptors (Lipinski definition) is 9. The number of halogens is 2. The van der Waals surface area contributed by atoms with Crippen molar-refractivity contribution in [1.29, 1.82) is 0 Å². The average molecular weight is 716 g/mol. The predicted molar refractivity (Wildman–Crippen MR) is 174 cm³/mol. The molecular weight excluding hydrogens is 684 g/mol. The van der Waals surface area contributed by atoms with Crippen molar-refractivity contribution in [3.63, 3.8) is 0 Å². The summed E-state index contributed by atoms with van der Waals surface area (Å²) < 4.78 is 28.4. The molecule has 4 rings (SSSR count). The van der Waals surface area contributed by atoms with E-state index in [1.807, 2.05) is 19.1 Å². The zero-order chi connectivity index (χ0) is 33.2. The number of benzene rings is 3. The Morgan fingerprint density at radius 2 is 1.78 bits per heavy atom. The van der Waals surface area contributed by atoms with Gasteiger partial charge in [0.05, 0.1) is 43.1 Å². The minimum Gasteiger partial charge on any atom is -0.493 e. The monoisotopic (exact) mass is 714 g/mol. The molecule has 0 spiro atoms. The molecule has 0 bridgehead atoms. The van der Waals surface area contributed by atoms with Crippen LogP contribution in [0.5, 0.6) is 23.0 Å². The van der Waals surface area contributed by atoms with Crippen molar-refractivity contribution < 1.29 is 38.1 Å². The fourth-order valence-corrected chi connectivity index (χ4v) is 5.16. The Kier molecular flexibility index (Phi) is 11.9. The van der Waals surface area contributed by atoms with Gasteiger partial charge < -0.3 is 34.3 Å². The average Bonchev–Trinajstić information content (AvgIpc) is 3.03.